The third-order valence-corrected chi connectivity index (χ3v) is 3.71. The van der Waals surface area contributed by atoms with Crippen LogP contribution in [0.15, 0.2) is 24.5 Å². The fraction of sp³-hybridized carbons (Fsp3) is 0.600. The van der Waals surface area contributed by atoms with E-state index in [1.165, 1.54) is 4.90 Å². The smallest absolute Gasteiger partial charge is 0.318 e. The van der Waals surface area contributed by atoms with E-state index in [9.17, 15) is 9.59 Å². The number of ether oxygens (including phenoxy) is 1. The van der Waals surface area contributed by atoms with Crippen LogP contribution in [0.1, 0.15) is 0 Å². The molecule has 0 aliphatic carbocycles. The molecule has 1 saturated heterocycles. The molecule has 1 atom stereocenters. The first-order valence-electron chi connectivity index (χ1n) is 7.76. The molecule has 128 valence electrons. The molecule has 2 heterocycles. The van der Waals surface area contributed by atoms with Crippen molar-refractivity contribution in [3.63, 3.8) is 0 Å². The number of morpholine rings is 1. The van der Waals surface area contributed by atoms with E-state index in [-0.39, 0.29) is 18.7 Å². The van der Waals surface area contributed by atoms with Gasteiger partial charge in [-0.3, -0.25) is 4.79 Å². The van der Waals surface area contributed by atoms with E-state index in [1.54, 1.807) is 0 Å². The fourth-order valence-corrected chi connectivity index (χ4v) is 2.55. The van der Waals surface area contributed by atoms with Gasteiger partial charge in [0.2, 0.25) is 5.91 Å². The number of rotatable bonds is 7. The lowest BCUT2D eigenvalue weighted by Gasteiger charge is -2.33. The zero-order chi connectivity index (χ0) is 16.7. The topological polar surface area (TPSA) is 92.8 Å². The van der Waals surface area contributed by atoms with Gasteiger partial charge in [-0.05, 0) is 19.2 Å². The number of amides is 3. The first-order chi connectivity index (χ1) is 11.0. The van der Waals surface area contributed by atoms with Gasteiger partial charge in [-0.1, -0.05) is 0 Å². The molecule has 0 saturated carbocycles. The van der Waals surface area contributed by atoms with E-state index in [2.05, 4.69) is 10.2 Å². The van der Waals surface area contributed by atoms with Crippen molar-refractivity contribution >= 4 is 11.9 Å². The molecule has 8 nitrogen and oxygen atoms in total. The SMILES string of the molecule is CN1CCO[C@H](CN(CC(N)=O)C(=O)NCCn2cccc2)C1. The fourth-order valence-electron chi connectivity index (χ4n) is 2.55. The molecule has 0 unspecified atom stereocenters. The van der Waals surface area contributed by atoms with E-state index in [1.807, 2.05) is 36.1 Å². The van der Waals surface area contributed by atoms with Crippen LogP contribution in [0.4, 0.5) is 4.79 Å². The summed E-state index contributed by atoms with van der Waals surface area (Å²) in [6.45, 7) is 3.61. The number of aromatic nitrogens is 1. The summed E-state index contributed by atoms with van der Waals surface area (Å²) in [4.78, 5) is 27.1. The maximum Gasteiger partial charge on any atom is 0.318 e. The first-order valence-corrected chi connectivity index (χ1v) is 7.76. The van der Waals surface area contributed by atoms with Crippen molar-refractivity contribution in [3.8, 4) is 0 Å². The Morgan fingerprint density at radius 2 is 2.13 bits per heavy atom. The third-order valence-electron chi connectivity index (χ3n) is 3.71. The molecule has 0 radical (unpaired) electrons. The lowest BCUT2D eigenvalue weighted by atomic mass is 10.2. The standard InChI is InChI=1S/C15H25N5O3/c1-18-8-9-23-13(10-18)11-20(12-14(16)21)15(22)17-4-7-19-5-2-3-6-19/h2-3,5-6,13H,4,7-12H2,1H3,(H2,16,21)(H,17,22)/t13-/m0/s1. The van der Waals surface area contributed by atoms with Crippen molar-refractivity contribution in [2.24, 2.45) is 5.73 Å². The highest BCUT2D eigenvalue weighted by molar-refractivity contribution is 5.82. The first kappa shape index (κ1) is 17.3. The van der Waals surface area contributed by atoms with Crippen LogP contribution < -0.4 is 11.1 Å². The van der Waals surface area contributed by atoms with Gasteiger partial charge in [0, 0.05) is 38.6 Å². The Labute approximate surface area is 136 Å². The molecule has 0 aromatic carbocycles. The minimum Gasteiger partial charge on any atom is -0.374 e. The number of primary amides is 1. The van der Waals surface area contributed by atoms with Crippen LogP contribution in [0.25, 0.3) is 0 Å². The van der Waals surface area contributed by atoms with Gasteiger partial charge in [-0.2, -0.15) is 0 Å². The number of urea groups is 1. The largest absolute Gasteiger partial charge is 0.374 e. The summed E-state index contributed by atoms with van der Waals surface area (Å²) < 4.78 is 7.62. The number of nitrogens with two attached hydrogens (primary N) is 1. The normalized spacial score (nSPS) is 18.6. The lowest BCUT2D eigenvalue weighted by Crippen LogP contribution is -2.52. The Hall–Kier alpha value is -2.06. The molecule has 3 amide bonds. The molecule has 1 aliphatic heterocycles. The molecule has 0 bridgehead atoms. The molecule has 1 fully saturated rings. The van der Waals surface area contributed by atoms with Gasteiger partial charge >= 0.3 is 6.03 Å². The Balaban J connectivity index is 1.83. The highest BCUT2D eigenvalue weighted by Crippen LogP contribution is 2.05. The molecule has 1 aromatic rings. The number of nitrogens with zero attached hydrogens (tertiary/aromatic N) is 3. The number of nitrogens with one attached hydrogen (secondary N) is 1. The Bertz CT molecular complexity index is 505. The van der Waals surface area contributed by atoms with Crippen molar-refractivity contribution < 1.29 is 14.3 Å². The quantitative estimate of drug-likeness (QED) is 0.695. The number of hydrogen-bond acceptors (Lipinski definition) is 4. The van der Waals surface area contributed by atoms with Crippen LogP contribution in [0.2, 0.25) is 0 Å². The number of carbonyl (C=O) groups excluding carboxylic acids is 2. The van der Waals surface area contributed by atoms with Crippen molar-refractivity contribution in [1.29, 1.82) is 0 Å². The zero-order valence-corrected chi connectivity index (χ0v) is 13.5. The van der Waals surface area contributed by atoms with Gasteiger partial charge in [0.15, 0.2) is 0 Å². The molecule has 8 heteroatoms. The van der Waals surface area contributed by atoms with Crippen molar-refractivity contribution in [3.05, 3.63) is 24.5 Å². The number of hydrogen-bond donors (Lipinski definition) is 2. The van der Waals surface area contributed by atoms with E-state index < -0.39 is 5.91 Å². The van der Waals surface area contributed by atoms with Crippen molar-refractivity contribution in [2.45, 2.75) is 12.6 Å². The summed E-state index contributed by atoms with van der Waals surface area (Å²) in [6, 6.07) is 3.56. The average molecular weight is 323 g/mol. The maximum atomic E-state index is 12.3. The van der Waals surface area contributed by atoms with Crippen LogP contribution in [0.5, 0.6) is 0 Å². The number of likely N-dealkylation sites (N-methyl/N-ethyl adjacent to an activating group) is 1. The average Bonchev–Trinajstić information content (AvgIpc) is 2.99. The van der Waals surface area contributed by atoms with Gasteiger partial charge in [0.05, 0.1) is 19.3 Å². The second-order valence-corrected chi connectivity index (χ2v) is 5.75. The van der Waals surface area contributed by atoms with Crippen molar-refractivity contribution in [2.75, 3.05) is 46.4 Å². The van der Waals surface area contributed by atoms with Crippen LogP contribution in [-0.4, -0.2) is 78.8 Å². The summed E-state index contributed by atoms with van der Waals surface area (Å²) >= 11 is 0. The monoisotopic (exact) mass is 323 g/mol. The van der Waals surface area contributed by atoms with E-state index in [0.717, 1.165) is 13.1 Å². The van der Waals surface area contributed by atoms with Gasteiger partial charge in [-0.15, -0.1) is 0 Å². The van der Waals surface area contributed by atoms with Gasteiger partial charge in [-0.25, -0.2) is 4.79 Å². The van der Waals surface area contributed by atoms with E-state index in [4.69, 9.17) is 10.5 Å². The van der Waals surface area contributed by atoms with Crippen molar-refractivity contribution in [1.82, 2.24) is 19.7 Å². The molecular formula is C15H25N5O3. The van der Waals surface area contributed by atoms with E-state index in [0.29, 0.717) is 26.2 Å². The summed E-state index contributed by atoms with van der Waals surface area (Å²) in [5.74, 6) is -0.533. The highest BCUT2D eigenvalue weighted by atomic mass is 16.5. The van der Waals surface area contributed by atoms with Crippen LogP contribution in [0, 0.1) is 0 Å². The molecular weight excluding hydrogens is 298 g/mol. The third kappa shape index (κ3) is 5.91. The minimum atomic E-state index is -0.533. The maximum absolute atomic E-state index is 12.3. The second-order valence-electron chi connectivity index (χ2n) is 5.75. The van der Waals surface area contributed by atoms with Gasteiger partial charge in [0.1, 0.15) is 6.54 Å². The van der Waals surface area contributed by atoms with Crippen LogP contribution in [0.3, 0.4) is 0 Å². The minimum absolute atomic E-state index is 0.108. The molecule has 1 aromatic heterocycles. The second kappa shape index (κ2) is 8.54. The number of carbonyl (C=O) groups is 2. The van der Waals surface area contributed by atoms with Gasteiger partial charge in [0.25, 0.3) is 0 Å². The van der Waals surface area contributed by atoms with Gasteiger partial charge < -0.3 is 30.2 Å². The molecule has 23 heavy (non-hydrogen) atoms. The Kier molecular flexibility index (Phi) is 6.42. The molecule has 0 spiro atoms. The van der Waals surface area contributed by atoms with E-state index >= 15 is 0 Å². The summed E-state index contributed by atoms with van der Waals surface area (Å²) in [6.07, 6.45) is 3.75. The lowest BCUT2D eigenvalue weighted by molar-refractivity contribution is -0.119. The summed E-state index contributed by atoms with van der Waals surface area (Å²) in [5.41, 5.74) is 5.25. The predicted octanol–water partition coefficient (Wildman–Crippen LogP) is -0.684. The predicted molar refractivity (Wildman–Crippen MR) is 85.8 cm³/mol. The highest BCUT2D eigenvalue weighted by Gasteiger charge is 2.24. The summed E-state index contributed by atoms with van der Waals surface area (Å²) in [7, 11) is 2.01. The molecule has 2 rings (SSSR count). The zero-order valence-electron chi connectivity index (χ0n) is 13.5. The molecule has 1 aliphatic rings. The van der Waals surface area contributed by atoms with Crippen LogP contribution >= 0.6 is 0 Å². The Morgan fingerprint density at radius 1 is 1.39 bits per heavy atom. The molecule has 3 N–H and O–H groups in total. The summed E-state index contributed by atoms with van der Waals surface area (Å²) in [5, 5.41) is 2.82. The Morgan fingerprint density at radius 3 is 2.78 bits per heavy atom. The van der Waals surface area contributed by atoms with Crippen LogP contribution in [-0.2, 0) is 16.1 Å².